The van der Waals surface area contributed by atoms with E-state index in [9.17, 15) is 9.90 Å². The maximum Gasteiger partial charge on any atom is 0.320 e. The minimum absolute atomic E-state index is 0.222. The fourth-order valence-electron chi connectivity index (χ4n) is 2.99. The van der Waals surface area contributed by atoms with E-state index in [1.54, 1.807) is 14.2 Å². The van der Waals surface area contributed by atoms with Gasteiger partial charge < -0.3 is 15.2 Å². The predicted octanol–water partition coefficient (Wildman–Crippen LogP) is 1.58. The van der Waals surface area contributed by atoms with Crippen molar-refractivity contribution in [2.45, 2.75) is 25.4 Å². The van der Waals surface area contributed by atoms with Crippen LogP contribution < -0.4 is 10.1 Å². The fourth-order valence-corrected chi connectivity index (χ4v) is 2.99. The number of aliphatic carboxylic acids is 1. The molecule has 1 aromatic rings. The highest BCUT2D eigenvalue weighted by Crippen LogP contribution is 2.22. The number of hydrogen-bond donors (Lipinski definition) is 2. The van der Waals surface area contributed by atoms with Crippen LogP contribution in [0.3, 0.4) is 0 Å². The highest BCUT2D eigenvalue weighted by atomic mass is 16.5. The summed E-state index contributed by atoms with van der Waals surface area (Å²) < 4.78 is 5.16. The Kier molecular flexibility index (Phi) is 5.59. The van der Waals surface area contributed by atoms with E-state index < -0.39 is 12.0 Å². The van der Waals surface area contributed by atoms with Crippen LogP contribution in [-0.2, 0) is 11.3 Å². The molecule has 1 aromatic carbocycles. The average molecular weight is 292 g/mol. The molecule has 1 aliphatic heterocycles. The molecule has 0 bridgehead atoms. The Morgan fingerprint density at radius 3 is 2.48 bits per heavy atom. The number of nitrogens with zero attached hydrogens (tertiary/aromatic N) is 1. The van der Waals surface area contributed by atoms with Gasteiger partial charge in [0.15, 0.2) is 0 Å². The molecule has 2 rings (SSSR count). The smallest absolute Gasteiger partial charge is 0.320 e. The number of nitrogens with one attached hydrogen (secondary N) is 1. The molecule has 0 amide bonds. The Morgan fingerprint density at radius 1 is 1.38 bits per heavy atom. The van der Waals surface area contributed by atoms with Gasteiger partial charge in [0.05, 0.1) is 7.11 Å². The standard InChI is InChI=1S/C16H24N2O3/c1-17-15(16(19)20)13-7-9-18(10-8-13)11-12-3-5-14(21-2)6-4-12/h3-6,13,15,17H,7-11H2,1-2H3,(H,19,20). The number of rotatable bonds is 6. The summed E-state index contributed by atoms with van der Waals surface area (Å²) in [5, 5.41) is 12.1. The lowest BCUT2D eigenvalue weighted by molar-refractivity contribution is -0.141. The molecule has 1 heterocycles. The van der Waals surface area contributed by atoms with Crippen molar-refractivity contribution in [3.05, 3.63) is 29.8 Å². The van der Waals surface area contributed by atoms with E-state index >= 15 is 0 Å². The first-order valence-electron chi connectivity index (χ1n) is 7.39. The quantitative estimate of drug-likeness (QED) is 0.833. The number of ether oxygens (including phenoxy) is 1. The van der Waals surface area contributed by atoms with Gasteiger partial charge in [-0.05, 0) is 56.6 Å². The van der Waals surface area contributed by atoms with Gasteiger partial charge in [0.25, 0.3) is 0 Å². The van der Waals surface area contributed by atoms with E-state index in [4.69, 9.17) is 4.74 Å². The van der Waals surface area contributed by atoms with Crippen molar-refractivity contribution in [2.24, 2.45) is 5.92 Å². The van der Waals surface area contributed by atoms with Crippen LogP contribution in [0.25, 0.3) is 0 Å². The molecule has 0 aliphatic carbocycles. The predicted molar refractivity (Wildman–Crippen MR) is 81.5 cm³/mol. The second-order valence-electron chi connectivity index (χ2n) is 5.57. The van der Waals surface area contributed by atoms with Gasteiger partial charge in [-0.25, -0.2) is 0 Å². The number of likely N-dealkylation sites (N-methyl/N-ethyl adjacent to an activating group) is 1. The summed E-state index contributed by atoms with van der Waals surface area (Å²) in [4.78, 5) is 13.6. The van der Waals surface area contributed by atoms with E-state index in [0.717, 1.165) is 38.2 Å². The number of piperidine rings is 1. The van der Waals surface area contributed by atoms with Crippen LogP contribution in [0.1, 0.15) is 18.4 Å². The zero-order chi connectivity index (χ0) is 15.2. The van der Waals surface area contributed by atoms with Gasteiger partial charge in [-0.2, -0.15) is 0 Å². The summed E-state index contributed by atoms with van der Waals surface area (Å²) in [6, 6.07) is 7.69. The van der Waals surface area contributed by atoms with Crippen LogP contribution in [0.4, 0.5) is 0 Å². The van der Waals surface area contributed by atoms with Gasteiger partial charge in [0.1, 0.15) is 11.8 Å². The van der Waals surface area contributed by atoms with Crippen molar-refractivity contribution in [3.63, 3.8) is 0 Å². The van der Waals surface area contributed by atoms with Crippen molar-refractivity contribution >= 4 is 5.97 Å². The van der Waals surface area contributed by atoms with Crippen molar-refractivity contribution in [2.75, 3.05) is 27.2 Å². The number of likely N-dealkylation sites (tertiary alicyclic amines) is 1. The molecule has 1 aliphatic rings. The van der Waals surface area contributed by atoms with Gasteiger partial charge >= 0.3 is 5.97 Å². The van der Waals surface area contributed by atoms with Gasteiger partial charge in [-0.15, -0.1) is 0 Å². The van der Waals surface area contributed by atoms with Crippen molar-refractivity contribution in [1.29, 1.82) is 0 Å². The van der Waals surface area contributed by atoms with Crippen LogP contribution in [-0.4, -0.2) is 49.3 Å². The Bertz CT molecular complexity index is 453. The Labute approximate surface area is 125 Å². The third kappa shape index (κ3) is 4.19. The maximum atomic E-state index is 11.2. The summed E-state index contributed by atoms with van der Waals surface area (Å²) in [5.41, 5.74) is 1.26. The number of methoxy groups -OCH3 is 1. The zero-order valence-corrected chi connectivity index (χ0v) is 12.7. The lowest BCUT2D eigenvalue weighted by atomic mass is 9.89. The van der Waals surface area contributed by atoms with Crippen molar-refractivity contribution < 1.29 is 14.6 Å². The minimum atomic E-state index is -0.744. The van der Waals surface area contributed by atoms with E-state index in [0.29, 0.717) is 0 Å². The molecule has 2 N–H and O–H groups in total. The largest absolute Gasteiger partial charge is 0.497 e. The fraction of sp³-hybridized carbons (Fsp3) is 0.562. The Balaban J connectivity index is 1.84. The van der Waals surface area contributed by atoms with Crippen molar-refractivity contribution in [1.82, 2.24) is 10.2 Å². The monoisotopic (exact) mass is 292 g/mol. The number of benzene rings is 1. The summed E-state index contributed by atoms with van der Waals surface area (Å²) in [6.45, 7) is 2.80. The van der Waals surface area contributed by atoms with E-state index in [2.05, 4.69) is 22.3 Å². The highest BCUT2D eigenvalue weighted by Gasteiger charge is 2.29. The summed E-state index contributed by atoms with van der Waals surface area (Å²) >= 11 is 0. The second-order valence-corrected chi connectivity index (χ2v) is 5.57. The normalized spacial score (nSPS) is 18.4. The lowest BCUT2D eigenvalue weighted by Gasteiger charge is -2.34. The number of carboxylic acids is 1. The molecule has 0 spiro atoms. The van der Waals surface area contributed by atoms with Crippen molar-refractivity contribution in [3.8, 4) is 5.75 Å². The summed E-state index contributed by atoms with van der Waals surface area (Å²) in [7, 11) is 3.39. The molecular formula is C16H24N2O3. The van der Waals surface area contributed by atoms with Gasteiger partial charge in [-0.3, -0.25) is 9.69 Å². The van der Waals surface area contributed by atoms with Crippen LogP contribution in [0, 0.1) is 5.92 Å². The Hall–Kier alpha value is -1.59. The summed E-state index contributed by atoms with van der Waals surface area (Å²) in [6.07, 6.45) is 1.85. The first-order valence-corrected chi connectivity index (χ1v) is 7.39. The molecule has 0 radical (unpaired) electrons. The molecule has 5 nitrogen and oxygen atoms in total. The topological polar surface area (TPSA) is 61.8 Å². The third-order valence-electron chi connectivity index (χ3n) is 4.25. The van der Waals surface area contributed by atoms with Crippen LogP contribution in [0.2, 0.25) is 0 Å². The number of carboxylic acid groups (broad SMARTS) is 1. The van der Waals surface area contributed by atoms with Crippen LogP contribution in [0.5, 0.6) is 5.75 Å². The maximum absolute atomic E-state index is 11.2. The SMILES string of the molecule is CNC(C(=O)O)C1CCN(Cc2ccc(OC)cc2)CC1. The highest BCUT2D eigenvalue weighted by molar-refractivity contribution is 5.73. The van der Waals surface area contributed by atoms with Gasteiger partial charge in [0.2, 0.25) is 0 Å². The summed E-state index contributed by atoms with van der Waals surface area (Å²) in [5.74, 6) is 0.349. The molecule has 1 unspecified atom stereocenters. The van der Waals surface area contributed by atoms with E-state index in [1.165, 1.54) is 5.56 Å². The number of carbonyl (C=O) groups is 1. The molecule has 0 saturated carbocycles. The minimum Gasteiger partial charge on any atom is -0.497 e. The molecular weight excluding hydrogens is 268 g/mol. The van der Waals surface area contributed by atoms with Crippen LogP contribution >= 0.6 is 0 Å². The third-order valence-corrected chi connectivity index (χ3v) is 4.25. The molecule has 1 fully saturated rings. The Morgan fingerprint density at radius 2 is 2.00 bits per heavy atom. The van der Waals surface area contributed by atoms with Gasteiger partial charge in [-0.1, -0.05) is 12.1 Å². The molecule has 21 heavy (non-hydrogen) atoms. The van der Waals surface area contributed by atoms with E-state index in [-0.39, 0.29) is 5.92 Å². The molecule has 1 saturated heterocycles. The van der Waals surface area contributed by atoms with Gasteiger partial charge in [0, 0.05) is 6.54 Å². The average Bonchev–Trinajstić information content (AvgIpc) is 2.50. The molecule has 0 aromatic heterocycles. The second kappa shape index (κ2) is 7.43. The first-order chi connectivity index (χ1) is 10.1. The molecule has 1 atom stereocenters. The number of hydrogen-bond acceptors (Lipinski definition) is 4. The molecule has 5 heteroatoms. The first kappa shape index (κ1) is 15.8. The molecule has 116 valence electrons. The zero-order valence-electron chi connectivity index (χ0n) is 12.7. The van der Waals surface area contributed by atoms with E-state index in [1.807, 2.05) is 12.1 Å². The lowest BCUT2D eigenvalue weighted by Crippen LogP contribution is -2.46. The van der Waals surface area contributed by atoms with Crippen LogP contribution in [0.15, 0.2) is 24.3 Å².